The molecule has 1 aliphatic heterocycles. The lowest BCUT2D eigenvalue weighted by Crippen LogP contribution is -2.46. The lowest BCUT2D eigenvalue weighted by molar-refractivity contribution is -0.122. The highest BCUT2D eigenvalue weighted by Crippen LogP contribution is 2.17. The summed E-state index contributed by atoms with van der Waals surface area (Å²) in [6.45, 7) is 0.485. The molecular formula is C13H24N2O3S. The number of sulfonamides is 1. The molecule has 1 aliphatic carbocycles. The van der Waals surface area contributed by atoms with Crippen LogP contribution in [0.25, 0.3) is 0 Å². The van der Waals surface area contributed by atoms with Crippen LogP contribution in [0, 0.1) is 0 Å². The van der Waals surface area contributed by atoms with E-state index in [0.717, 1.165) is 32.1 Å². The Hall–Kier alpha value is -0.620. The van der Waals surface area contributed by atoms with Crippen LogP contribution in [0.2, 0.25) is 0 Å². The second kappa shape index (κ2) is 6.70. The third kappa shape index (κ3) is 4.45. The van der Waals surface area contributed by atoms with Crippen molar-refractivity contribution >= 4 is 15.9 Å². The van der Waals surface area contributed by atoms with Crippen molar-refractivity contribution < 1.29 is 13.2 Å². The molecule has 110 valence electrons. The Balaban J connectivity index is 1.83. The SMILES string of the molecule is O=C(CN1CCCCS1(=O)=O)NC1CCCCCC1. The Bertz CT molecular complexity index is 400. The van der Waals surface area contributed by atoms with Crippen molar-refractivity contribution in [3.05, 3.63) is 0 Å². The van der Waals surface area contributed by atoms with Crippen LogP contribution in [0.5, 0.6) is 0 Å². The van der Waals surface area contributed by atoms with Gasteiger partial charge in [0.25, 0.3) is 0 Å². The number of rotatable bonds is 3. The summed E-state index contributed by atoms with van der Waals surface area (Å²) in [5, 5.41) is 3.00. The zero-order valence-electron chi connectivity index (χ0n) is 11.4. The second-order valence-electron chi connectivity index (χ2n) is 5.61. The third-order valence-electron chi connectivity index (χ3n) is 3.99. The highest BCUT2D eigenvalue weighted by Gasteiger charge is 2.28. The fraction of sp³-hybridized carbons (Fsp3) is 0.923. The Morgan fingerprint density at radius 3 is 2.37 bits per heavy atom. The molecule has 2 rings (SSSR count). The van der Waals surface area contributed by atoms with Crippen molar-refractivity contribution in [1.82, 2.24) is 9.62 Å². The largest absolute Gasteiger partial charge is 0.352 e. The number of hydrogen-bond donors (Lipinski definition) is 1. The van der Waals surface area contributed by atoms with E-state index in [1.807, 2.05) is 0 Å². The standard InChI is InChI=1S/C13H24N2O3S/c16-13(14-12-7-3-1-2-4-8-12)11-15-9-5-6-10-19(15,17)18/h12H,1-11H2,(H,14,16). The third-order valence-corrected chi connectivity index (χ3v) is 5.90. The predicted molar refractivity (Wildman–Crippen MR) is 74.2 cm³/mol. The molecule has 19 heavy (non-hydrogen) atoms. The van der Waals surface area contributed by atoms with Gasteiger partial charge in [0.05, 0.1) is 12.3 Å². The Morgan fingerprint density at radius 2 is 1.74 bits per heavy atom. The normalized spacial score (nSPS) is 25.7. The summed E-state index contributed by atoms with van der Waals surface area (Å²) in [4.78, 5) is 12.0. The number of carbonyl (C=O) groups is 1. The molecule has 6 heteroatoms. The van der Waals surface area contributed by atoms with Gasteiger partial charge in [0, 0.05) is 12.6 Å². The topological polar surface area (TPSA) is 66.5 Å². The van der Waals surface area contributed by atoms with Gasteiger partial charge in [-0.25, -0.2) is 8.42 Å². The minimum absolute atomic E-state index is 0.00116. The molecule has 0 aromatic rings. The highest BCUT2D eigenvalue weighted by molar-refractivity contribution is 7.89. The summed E-state index contributed by atoms with van der Waals surface area (Å²) in [5.41, 5.74) is 0. The zero-order chi connectivity index (χ0) is 13.7. The van der Waals surface area contributed by atoms with Crippen LogP contribution in [-0.2, 0) is 14.8 Å². The molecule has 0 spiro atoms. The molecule has 5 nitrogen and oxygen atoms in total. The van der Waals surface area contributed by atoms with Crippen molar-refractivity contribution in [3.8, 4) is 0 Å². The zero-order valence-corrected chi connectivity index (χ0v) is 12.3. The van der Waals surface area contributed by atoms with Gasteiger partial charge in [0.1, 0.15) is 0 Å². The molecule has 0 bridgehead atoms. The summed E-state index contributed by atoms with van der Waals surface area (Å²) in [6, 6.07) is 0.238. The first-order valence-electron chi connectivity index (χ1n) is 7.35. The molecular weight excluding hydrogens is 264 g/mol. The minimum atomic E-state index is -3.19. The van der Waals surface area contributed by atoms with Crippen molar-refractivity contribution in [2.45, 2.75) is 57.4 Å². The summed E-state index contributed by atoms with van der Waals surface area (Å²) >= 11 is 0. The summed E-state index contributed by atoms with van der Waals surface area (Å²) in [6.07, 6.45) is 8.43. The van der Waals surface area contributed by atoms with Gasteiger partial charge < -0.3 is 5.32 Å². The van der Waals surface area contributed by atoms with Crippen LogP contribution in [0.3, 0.4) is 0 Å². The molecule has 2 fully saturated rings. The van der Waals surface area contributed by atoms with Crippen LogP contribution < -0.4 is 5.32 Å². The molecule has 1 saturated carbocycles. The van der Waals surface area contributed by atoms with E-state index >= 15 is 0 Å². The highest BCUT2D eigenvalue weighted by atomic mass is 32.2. The molecule has 1 saturated heterocycles. The van der Waals surface area contributed by atoms with Gasteiger partial charge in [-0.05, 0) is 25.7 Å². The Kier molecular flexibility index (Phi) is 5.21. The maximum atomic E-state index is 12.0. The van der Waals surface area contributed by atoms with Gasteiger partial charge in [0.15, 0.2) is 0 Å². The van der Waals surface area contributed by atoms with Gasteiger partial charge in [-0.1, -0.05) is 25.7 Å². The van der Waals surface area contributed by atoms with Gasteiger partial charge in [-0.2, -0.15) is 4.31 Å². The van der Waals surface area contributed by atoms with Gasteiger partial charge in [0.2, 0.25) is 15.9 Å². The van der Waals surface area contributed by atoms with Crippen LogP contribution in [0.1, 0.15) is 51.4 Å². The van der Waals surface area contributed by atoms with Crippen molar-refractivity contribution in [2.24, 2.45) is 0 Å². The van der Waals surface area contributed by atoms with E-state index in [4.69, 9.17) is 0 Å². The van der Waals surface area contributed by atoms with Crippen LogP contribution in [-0.4, -0.2) is 43.5 Å². The molecule has 0 atom stereocenters. The average Bonchev–Trinajstić information content (AvgIpc) is 2.60. The van der Waals surface area contributed by atoms with Crippen molar-refractivity contribution in [2.75, 3.05) is 18.8 Å². The fourth-order valence-electron chi connectivity index (χ4n) is 2.88. The summed E-state index contributed by atoms with van der Waals surface area (Å²) < 4.78 is 25.0. The minimum Gasteiger partial charge on any atom is -0.352 e. The smallest absolute Gasteiger partial charge is 0.235 e. The fourth-order valence-corrected chi connectivity index (χ4v) is 4.42. The maximum Gasteiger partial charge on any atom is 0.235 e. The van der Waals surface area contributed by atoms with E-state index in [-0.39, 0.29) is 24.2 Å². The number of nitrogens with one attached hydrogen (secondary N) is 1. The van der Waals surface area contributed by atoms with Crippen LogP contribution >= 0.6 is 0 Å². The quantitative estimate of drug-likeness (QED) is 0.795. The molecule has 0 unspecified atom stereocenters. The second-order valence-corrected chi connectivity index (χ2v) is 7.70. The number of nitrogens with zero attached hydrogens (tertiary/aromatic N) is 1. The monoisotopic (exact) mass is 288 g/mol. The van der Waals surface area contributed by atoms with E-state index in [1.54, 1.807) is 0 Å². The Labute approximate surface area is 115 Å². The van der Waals surface area contributed by atoms with Crippen molar-refractivity contribution in [1.29, 1.82) is 0 Å². The first-order valence-corrected chi connectivity index (χ1v) is 8.96. The van der Waals surface area contributed by atoms with E-state index in [0.29, 0.717) is 13.0 Å². The average molecular weight is 288 g/mol. The lowest BCUT2D eigenvalue weighted by Gasteiger charge is -2.26. The van der Waals surface area contributed by atoms with Gasteiger partial charge in [-0.3, -0.25) is 4.79 Å². The van der Waals surface area contributed by atoms with E-state index in [9.17, 15) is 13.2 Å². The van der Waals surface area contributed by atoms with Gasteiger partial charge in [-0.15, -0.1) is 0 Å². The molecule has 1 N–H and O–H groups in total. The maximum absolute atomic E-state index is 12.0. The van der Waals surface area contributed by atoms with E-state index in [2.05, 4.69) is 5.32 Å². The van der Waals surface area contributed by atoms with Crippen molar-refractivity contribution in [3.63, 3.8) is 0 Å². The van der Waals surface area contributed by atoms with Gasteiger partial charge >= 0.3 is 0 Å². The summed E-state index contributed by atoms with van der Waals surface area (Å²) in [7, 11) is -3.19. The van der Waals surface area contributed by atoms with E-state index < -0.39 is 10.0 Å². The van der Waals surface area contributed by atoms with Crippen LogP contribution in [0.15, 0.2) is 0 Å². The first kappa shape index (κ1) is 14.8. The predicted octanol–water partition coefficient (Wildman–Crippen LogP) is 1.25. The number of carbonyl (C=O) groups excluding carboxylic acids is 1. The van der Waals surface area contributed by atoms with Crippen LogP contribution in [0.4, 0.5) is 0 Å². The molecule has 0 aromatic carbocycles. The molecule has 0 radical (unpaired) electrons. The molecule has 0 aromatic heterocycles. The van der Waals surface area contributed by atoms with E-state index in [1.165, 1.54) is 17.1 Å². The summed E-state index contributed by atoms with van der Waals surface area (Å²) in [5.74, 6) is 0.0429. The molecule has 1 amide bonds. The number of amides is 1. The molecule has 2 aliphatic rings. The lowest BCUT2D eigenvalue weighted by atomic mass is 10.1. The molecule has 1 heterocycles. The Morgan fingerprint density at radius 1 is 1.05 bits per heavy atom. The number of hydrogen-bond acceptors (Lipinski definition) is 3. The first-order chi connectivity index (χ1) is 9.08.